The minimum atomic E-state index is 0.00156. The molecule has 0 atom stereocenters. The summed E-state index contributed by atoms with van der Waals surface area (Å²) in [6.07, 6.45) is 3.29. The maximum absolute atomic E-state index is 11.8. The second kappa shape index (κ2) is 6.39. The molecule has 20 heavy (non-hydrogen) atoms. The average molecular weight is 290 g/mol. The molecule has 0 spiro atoms. The minimum Gasteiger partial charge on any atom is -0.380 e. The second-order valence-electron chi connectivity index (χ2n) is 4.61. The van der Waals surface area contributed by atoms with Gasteiger partial charge in [-0.15, -0.1) is 0 Å². The number of aromatic nitrogens is 1. The van der Waals surface area contributed by atoms with Gasteiger partial charge < -0.3 is 10.2 Å². The Bertz CT molecular complexity index is 596. The summed E-state index contributed by atoms with van der Waals surface area (Å²) in [5.74, 6) is 0.00156. The number of nitrogens with one attached hydrogen (secondary N) is 1. The van der Waals surface area contributed by atoms with Gasteiger partial charge in [0, 0.05) is 38.6 Å². The maximum Gasteiger partial charge on any atom is 0.253 e. The van der Waals surface area contributed by atoms with Gasteiger partial charge in [-0.05, 0) is 23.8 Å². The molecule has 0 fully saturated rings. The van der Waals surface area contributed by atoms with Crippen molar-refractivity contribution in [2.75, 3.05) is 19.4 Å². The number of pyridine rings is 1. The number of hydrogen-bond acceptors (Lipinski definition) is 3. The van der Waals surface area contributed by atoms with E-state index >= 15 is 0 Å². The number of carbonyl (C=O) groups is 1. The summed E-state index contributed by atoms with van der Waals surface area (Å²) in [4.78, 5) is 17.3. The molecule has 0 aliphatic rings. The molecule has 1 amide bonds. The monoisotopic (exact) mass is 289 g/mol. The topological polar surface area (TPSA) is 45.2 Å². The van der Waals surface area contributed by atoms with Gasteiger partial charge in [-0.3, -0.25) is 9.78 Å². The first-order chi connectivity index (χ1) is 9.58. The fourth-order valence-corrected chi connectivity index (χ4v) is 1.93. The van der Waals surface area contributed by atoms with Crippen LogP contribution in [-0.4, -0.2) is 29.9 Å². The number of hydrogen-bond donors (Lipinski definition) is 1. The molecule has 1 N–H and O–H groups in total. The van der Waals surface area contributed by atoms with E-state index in [2.05, 4.69) is 10.3 Å². The number of nitrogens with zero attached hydrogens (tertiary/aromatic N) is 2. The van der Waals surface area contributed by atoms with E-state index in [0.29, 0.717) is 17.1 Å². The van der Waals surface area contributed by atoms with E-state index in [-0.39, 0.29) is 5.91 Å². The molecule has 0 saturated carbocycles. The van der Waals surface area contributed by atoms with Gasteiger partial charge in [0.2, 0.25) is 0 Å². The van der Waals surface area contributed by atoms with E-state index in [1.54, 1.807) is 31.4 Å². The Hall–Kier alpha value is -2.07. The lowest BCUT2D eigenvalue weighted by atomic mass is 10.1. The molecule has 104 valence electrons. The average Bonchev–Trinajstić information content (AvgIpc) is 2.46. The van der Waals surface area contributed by atoms with E-state index < -0.39 is 0 Å². The molecule has 4 nitrogen and oxygen atoms in total. The normalized spacial score (nSPS) is 10.2. The predicted molar refractivity (Wildman–Crippen MR) is 81.0 cm³/mol. The van der Waals surface area contributed by atoms with Crippen LogP contribution in [0.2, 0.25) is 5.02 Å². The number of anilines is 1. The summed E-state index contributed by atoms with van der Waals surface area (Å²) in [6.45, 7) is 0.639. The summed E-state index contributed by atoms with van der Waals surface area (Å²) in [6, 6.07) is 9.34. The van der Waals surface area contributed by atoms with Crippen molar-refractivity contribution in [3.8, 4) is 0 Å². The molecule has 1 heterocycles. The van der Waals surface area contributed by atoms with Gasteiger partial charge >= 0.3 is 0 Å². The Morgan fingerprint density at radius 1 is 1.25 bits per heavy atom. The summed E-state index contributed by atoms with van der Waals surface area (Å²) >= 11 is 6.02. The van der Waals surface area contributed by atoms with Crippen LogP contribution in [0.4, 0.5) is 5.69 Å². The zero-order valence-corrected chi connectivity index (χ0v) is 12.2. The highest BCUT2D eigenvalue weighted by Gasteiger charge is 2.07. The van der Waals surface area contributed by atoms with Crippen molar-refractivity contribution in [3.63, 3.8) is 0 Å². The van der Waals surface area contributed by atoms with Crippen LogP contribution >= 0.6 is 11.6 Å². The third-order valence-electron chi connectivity index (χ3n) is 2.86. The molecule has 2 aromatic rings. The molecule has 5 heteroatoms. The highest BCUT2D eigenvalue weighted by Crippen LogP contribution is 2.20. The fourth-order valence-electron chi connectivity index (χ4n) is 1.74. The van der Waals surface area contributed by atoms with E-state index in [4.69, 9.17) is 11.6 Å². The lowest BCUT2D eigenvalue weighted by Gasteiger charge is -2.11. The Labute approximate surface area is 123 Å². The van der Waals surface area contributed by atoms with Gasteiger partial charge in [0.25, 0.3) is 5.91 Å². The SMILES string of the molecule is CN(C)C(=O)c1ccc(CNc2ccncc2Cl)cc1. The van der Waals surface area contributed by atoms with Crippen LogP contribution in [0, 0.1) is 0 Å². The van der Waals surface area contributed by atoms with Crippen LogP contribution in [0.25, 0.3) is 0 Å². The van der Waals surface area contributed by atoms with Crippen molar-refractivity contribution in [2.24, 2.45) is 0 Å². The van der Waals surface area contributed by atoms with E-state index in [1.807, 2.05) is 30.3 Å². The summed E-state index contributed by atoms with van der Waals surface area (Å²) in [5, 5.41) is 3.82. The standard InChI is InChI=1S/C15H16ClN3O/c1-19(2)15(20)12-5-3-11(4-6-12)9-18-14-7-8-17-10-13(14)16/h3-8,10H,9H2,1-2H3,(H,17,18). The molecule has 2 rings (SSSR count). The van der Waals surface area contributed by atoms with Crippen LogP contribution in [0.5, 0.6) is 0 Å². The summed E-state index contributed by atoms with van der Waals surface area (Å²) < 4.78 is 0. The minimum absolute atomic E-state index is 0.00156. The molecule has 0 aliphatic heterocycles. The molecule has 0 aliphatic carbocycles. The van der Waals surface area contributed by atoms with E-state index in [0.717, 1.165) is 11.3 Å². The number of halogens is 1. The third-order valence-corrected chi connectivity index (χ3v) is 3.16. The highest BCUT2D eigenvalue weighted by molar-refractivity contribution is 6.33. The molecule has 0 unspecified atom stereocenters. The Kier molecular flexibility index (Phi) is 4.58. The first kappa shape index (κ1) is 14.3. The van der Waals surface area contributed by atoms with Gasteiger partial charge in [0.1, 0.15) is 0 Å². The Morgan fingerprint density at radius 3 is 2.55 bits per heavy atom. The Morgan fingerprint density at radius 2 is 1.95 bits per heavy atom. The smallest absolute Gasteiger partial charge is 0.253 e. The van der Waals surface area contributed by atoms with Crippen molar-refractivity contribution >= 4 is 23.2 Å². The van der Waals surface area contributed by atoms with Crippen LogP contribution in [-0.2, 0) is 6.54 Å². The van der Waals surface area contributed by atoms with Gasteiger partial charge in [-0.25, -0.2) is 0 Å². The molecular formula is C15H16ClN3O. The summed E-state index contributed by atoms with van der Waals surface area (Å²) in [5.41, 5.74) is 2.60. The van der Waals surface area contributed by atoms with E-state index in [9.17, 15) is 4.79 Å². The number of amides is 1. The molecule has 1 aromatic heterocycles. The van der Waals surface area contributed by atoms with Crippen molar-refractivity contribution in [3.05, 3.63) is 58.9 Å². The van der Waals surface area contributed by atoms with Gasteiger partial charge in [0.05, 0.1) is 10.7 Å². The van der Waals surface area contributed by atoms with E-state index in [1.165, 1.54) is 0 Å². The van der Waals surface area contributed by atoms with Crippen LogP contribution in [0.3, 0.4) is 0 Å². The quantitative estimate of drug-likeness (QED) is 0.941. The first-order valence-corrected chi connectivity index (χ1v) is 6.59. The predicted octanol–water partition coefficient (Wildman–Crippen LogP) is 3.05. The van der Waals surface area contributed by atoms with Crippen molar-refractivity contribution < 1.29 is 4.79 Å². The number of carbonyl (C=O) groups excluding carboxylic acids is 1. The second-order valence-corrected chi connectivity index (χ2v) is 5.01. The summed E-state index contributed by atoms with van der Waals surface area (Å²) in [7, 11) is 3.48. The number of benzene rings is 1. The zero-order chi connectivity index (χ0) is 14.5. The molecule has 1 aromatic carbocycles. The lowest BCUT2D eigenvalue weighted by Crippen LogP contribution is -2.21. The molecule has 0 radical (unpaired) electrons. The van der Waals surface area contributed by atoms with Crippen molar-refractivity contribution in [1.29, 1.82) is 0 Å². The van der Waals surface area contributed by atoms with Gasteiger partial charge in [0.15, 0.2) is 0 Å². The molecular weight excluding hydrogens is 274 g/mol. The largest absolute Gasteiger partial charge is 0.380 e. The van der Waals surface area contributed by atoms with Crippen molar-refractivity contribution in [1.82, 2.24) is 9.88 Å². The van der Waals surface area contributed by atoms with Crippen LogP contribution in [0.1, 0.15) is 15.9 Å². The lowest BCUT2D eigenvalue weighted by molar-refractivity contribution is 0.0827. The molecule has 0 bridgehead atoms. The maximum atomic E-state index is 11.8. The number of rotatable bonds is 4. The van der Waals surface area contributed by atoms with Crippen molar-refractivity contribution in [2.45, 2.75) is 6.54 Å². The highest BCUT2D eigenvalue weighted by atomic mass is 35.5. The molecule has 0 saturated heterocycles. The zero-order valence-electron chi connectivity index (χ0n) is 11.4. The van der Waals surface area contributed by atoms with Crippen LogP contribution < -0.4 is 5.32 Å². The third kappa shape index (κ3) is 3.48. The van der Waals surface area contributed by atoms with Gasteiger partial charge in [-0.1, -0.05) is 23.7 Å². The fraction of sp³-hybridized carbons (Fsp3) is 0.200. The first-order valence-electron chi connectivity index (χ1n) is 6.22. The Balaban J connectivity index is 2.01. The van der Waals surface area contributed by atoms with Crippen LogP contribution in [0.15, 0.2) is 42.7 Å². The van der Waals surface area contributed by atoms with Gasteiger partial charge in [-0.2, -0.15) is 0 Å².